The van der Waals surface area contributed by atoms with Crippen LogP contribution in [-0.2, 0) is 6.54 Å². The predicted molar refractivity (Wildman–Crippen MR) is 109 cm³/mol. The molecule has 0 aliphatic carbocycles. The maximum absolute atomic E-state index is 10.4. The number of nitrogen functional groups attached to an aromatic ring is 1. The minimum atomic E-state index is -0.229. The number of aliphatic hydroxyl groups excluding tert-OH is 1. The number of hydrogen-bond donors (Lipinski definition) is 3. The fraction of sp³-hybridized carbons (Fsp3) is 0.684. The highest BCUT2D eigenvalue weighted by atomic mass is 32.2. The molecule has 6 nitrogen and oxygen atoms in total. The van der Waals surface area contributed by atoms with E-state index < -0.39 is 0 Å². The van der Waals surface area contributed by atoms with E-state index in [1.54, 1.807) is 0 Å². The first-order valence-electron chi connectivity index (χ1n) is 9.73. The molecule has 1 aliphatic rings. The van der Waals surface area contributed by atoms with Crippen LogP contribution < -0.4 is 5.73 Å². The average molecular weight is 378 g/mol. The van der Waals surface area contributed by atoms with Gasteiger partial charge in [-0.1, -0.05) is 32.6 Å². The Balaban J connectivity index is 1.44. The van der Waals surface area contributed by atoms with Gasteiger partial charge in [0.15, 0.2) is 5.82 Å². The fourth-order valence-electron chi connectivity index (χ4n) is 3.65. The largest absolute Gasteiger partial charge is 0.391 e. The van der Waals surface area contributed by atoms with Gasteiger partial charge >= 0.3 is 0 Å². The predicted octanol–water partition coefficient (Wildman–Crippen LogP) is 3.04. The van der Waals surface area contributed by atoms with Crippen LogP contribution in [-0.4, -0.2) is 55.7 Å². The minimum absolute atomic E-state index is 0.229. The Labute approximate surface area is 160 Å². The molecular weight excluding hydrogens is 346 g/mol. The highest BCUT2D eigenvalue weighted by Gasteiger charge is 2.31. The van der Waals surface area contributed by atoms with Gasteiger partial charge in [0.1, 0.15) is 11.8 Å². The molecule has 4 N–H and O–H groups in total. The number of nitrogens with one attached hydrogen (secondary N) is 1. The van der Waals surface area contributed by atoms with Crippen LogP contribution in [0.25, 0.3) is 11.0 Å². The highest BCUT2D eigenvalue weighted by Crippen LogP contribution is 2.26. The van der Waals surface area contributed by atoms with Gasteiger partial charge in [-0.25, -0.2) is 9.97 Å². The van der Waals surface area contributed by atoms with E-state index in [0.29, 0.717) is 11.7 Å². The lowest BCUT2D eigenvalue weighted by Crippen LogP contribution is -2.21. The molecule has 1 fully saturated rings. The third-order valence-corrected chi connectivity index (χ3v) is 6.41. The number of rotatable bonds is 10. The zero-order chi connectivity index (χ0) is 18.4. The maximum Gasteiger partial charge on any atom is 0.151 e. The standard InChI is InChI=1S/C19H31N5OS/c1-2-3-4-5-6-7-26-12-15-10-24(11-16(15)25)9-14-8-21-18-17(14)22-13-23-19(18)20/h8,13,15-16,21,25H,2-7,9-12H2,1H3,(H2,20,22,23)/t15-,16-/m1/s1. The number of aliphatic hydroxyl groups is 1. The number of hydrogen-bond acceptors (Lipinski definition) is 6. The lowest BCUT2D eigenvalue weighted by molar-refractivity contribution is 0.149. The van der Waals surface area contributed by atoms with Crippen LogP contribution in [0.1, 0.15) is 44.6 Å². The summed E-state index contributed by atoms with van der Waals surface area (Å²) in [5.41, 5.74) is 8.69. The number of unbranched alkanes of at least 4 members (excludes halogenated alkanes) is 4. The number of thioether (sulfide) groups is 1. The Hall–Kier alpha value is -1.31. The second-order valence-corrected chi connectivity index (χ2v) is 8.46. The van der Waals surface area contributed by atoms with Crippen LogP contribution in [0.5, 0.6) is 0 Å². The molecule has 0 spiro atoms. The van der Waals surface area contributed by atoms with E-state index in [9.17, 15) is 5.11 Å². The molecule has 0 radical (unpaired) electrons. The second kappa shape index (κ2) is 9.58. The van der Waals surface area contributed by atoms with E-state index in [4.69, 9.17) is 5.73 Å². The Morgan fingerprint density at radius 1 is 1.27 bits per heavy atom. The first kappa shape index (κ1) is 19.5. The summed E-state index contributed by atoms with van der Waals surface area (Å²) in [6.07, 6.45) is 9.88. The van der Waals surface area contributed by atoms with Crippen molar-refractivity contribution in [1.29, 1.82) is 0 Å². The van der Waals surface area contributed by atoms with Crippen LogP contribution in [0.15, 0.2) is 12.5 Å². The van der Waals surface area contributed by atoms with Gasteiger partial charge in [-0.15, -0.1) is 0 Å². The maximum atomic E-state index is 10.4. The van der Waals surface area contributed by atoms with E-state index in [1.807, 2.05) is 18.0 Å². The number of fused-ring (bicyclic) bond motifs is 1. The summed E-state index contributed by atoms with van der Waals surface area (Å²) >= 11 is 2.00. The van der Waals surface area contributed by atoms with E-state index in [-0.39, 0.29) is 6.10 Å². The molecule has 0 aromatic carbocycles. The van der Waals surface area contributed by atoms with Crippen molar-refractivity contribution in [2.24, 2.45) is 5.92 Å². The van der Waals surface area contributed by atoms with Crippen LogP contribution in [0.2, 0.25) is 0 Å². The quantitative estimate of drug-likeness (QED) is 0.551. The summed E-state index contributed by atoms with van der Waals surface area (Å²) in [5.74, 6) is 3.11. The molecule has 7 heteroatoms. The highest BCUT2D eigenvalue weighted by molar-refractivity contribution is 7.99. The molecule has 1 saturated heterocycles. The average Bonchev–Trinajstić information content (AvgIpc) is 3.19. The molecule has 3 heterocycles. The van der Waals surface area contributed by atoms with Crippen LogP contribution in [0, 0.1) is 5.92 Å². The Morgan fingerprint density at radius 3 is 2.96 bits per heavy atom. The van der Waals surface area contributed by atoms with Gasteiger partial charge in [0.2, 0.25) is 0 Å². The molecule has 1 aliphatic heterocycles. The summed E-state index contributed by atoms with van der Waals surface area (Å²) in [6.45, 7) is 4.71. The molecule has 26 heavy (non-hydrogen) atoms. The summed E-state index contributed by atoms with van der Waals surface area (Å²) in [7, 11) is 0. The van der Waals surface area contributed by atoms with Crippen LogP contribution in [0.4, 0.5) is 5.82 Å². The Kier molecular flexibility index (Phi) is 7.16. The summed E-state index contributed by atoms with van der Waals surface area (Å²) in [5, 5.41) is 10.4. The molecule has 0 saturated carbocycles. The smallest absolute Gasteiger partial charge is 0.151 e. The fourth-order valence-corrected chi connectivity index (χ4v) is 4.86. The monoisotopic (exact) mass is 377 g/mol. The molecule has 0 amide bonds. The number of anilines is 1. The zero-order valence-electron chi connectivity index (χ0n) is 15.7. The molecule has 0 unspecified atom stereocenters. The first-order valence-corrected chi connectivity index (χ1v) is 10.9. The third kappa shape index (κ3) is 4.90. The van der Waals surface area contributed by atoms with Gasteiger partial charge in [0.25, 0.3) is 0 Å². The van der Waals surface area contributed by atoms with Crippen molar-refractivity contribution in [2.45, 2.75) is 51.7 Å². The number of aromatic nitrogens is 3. The second-order valence-electron chi connectivity index (χ2n) is 7.31. The van der Waals surface area contributed by atoms with Crippen molar-refractivity contribution in [2.75, 3.05) is 30.3 Å². The normalized spacial score (nSPS) is 21.0. The number of nitrogens with zero attached hydrogens (tertiary/aromatic N) is 3. The van der Waals surface area contributed by atoms with Gasteiger partial charge in [-0.3, -0.25) is 4.90 Å². The van der Waals surface area contributed by atoms with Crippen molar-refractivity contribution in [3.05, 3.63) is 18.1 Å². The van der Waals surface area contributed by atoms with Gasteiger partial charge in [-0.2, -0.15) is 11.8 Å². The Bertz CT molecular complexity index is 692. The van der Waals surface area contributed by atoms with Crippen molar-refractivity contribution in [1.82, 2.24) is 19.9 Å². The van der Waals surface area contributed by atoms with Gasteiger partial charge in [0.05, 0.1) is 11.6 Å². The number of β-amino-alcohol motifs (C(OH)–C–C–N with tert-alkyl or cyclic N) is 1. The molecule has 2 aromatic heterocycles. The summed E-state index contributed by atoms with van der Waals surface area (Å²) in [4.78, 5) is 13.9. The van der Waals surface area contributed by atoms with Gasteiger partial charge in [0, 0.05) is 37.3 Å². The lowest BCUT2D eigenvalue weighted by Gasteiger charge is -2.15. The molecular formula is C19H31N5OS. The van der Waals surface area contributed by atoms with Crippen LogP contribution in [0.3, 0.4) is 0 Å². The van der Waals surface area contributed by atoms with E-state index in [0.717, 1.165) is 42.0 Å². The van der Waals surface area contributed by atoms with Crippen molar-refractivity contribution >= 4 is 28.6 Å². The van der Waals surface area contributed by atoms with Crippen molar-refractivity contribution < 1.29 is 5.11 Å². The molecule has 0 bridgehead atoms. The van der Waals surface area contributed by atoms with E-state index in [1.165, 1.54) is 44.2 Å². The minimum Gasteiger partial charge on any atom is -0.391 e. The number of nitrogens with two attached hydrogens (primary N) is 1. The van der Waals surface area contributed by atoms with E-state index >= 15 is 0 Å². The van der Waals surface area contributed by atoms with E-state index in [2.05, 4.69) is 26.8 Å². The van der Waals surface area contributed by atoms with Crippen LogP contribution >= 0.6 is 11.8 Å². The van der Waals surface area contributed by atoms with Crippen molar-refractivity contribution in [3.8, 4) is 0 Å². The van der Waals surface area contributed by atoms with Gasteiger partial charge in [-0.05, 0) is 17.9 Å². The summed E-state index contributed by atoms with van der Waals surface area (Å²) < 4.78 is 0. The van der Waals surface area contributed by atoms with Crippen molar-refractivity contribution in [3.63, 3.8) is 0 Å². The topological polar surface area (TPSA) is 91.1 Å². The lowest BCUT2D eigenvalue weighted by atomic mass is 10.1. The number of aromatic amines is 1. The first-order chi connectivity index (χ1) is 12.7. The number of likely N-dealkylation sites (tertiary alicyclic amines) is 1. The third-order valence-electron chi connectivity index (χ3n) is 5.17. The van der Waals surface area contributed by atoms with Gasteiger partial charge < -0.3 is 15.8 Å². The molecule has 2 aromatic rings. The zero-order valence-corrected chi connectivity index (χ0v) is 16.5. The summed E-state index contributed by atoms with van der Waals surface area (Å²) in [6, 6.07) is 0. The SMILES string of the molecule is CCCCCCCSC[C@H]1CN(Cc2c[nH]c3c(N)ncnc23)C[C@H]1O. The number of H-pyrrole nitrogens is 1. The molecule has 2 atom stereocenters. The molecule has 3 rings (SSSR count). The molecule has 144 valence electrons. The Morgan fingerprint density at radius 2 is 2.12 bits per heavy atom.